The molecule has 1 aromatic carbocycles. The first-order valence-electron chi connectivity index (χ1n) is 7.72. The van der Waals surface area contributed by atoms with Crippen molar-refractivity contribution in [2.75, 3.05) is 6.54 Å². The van der Waals surface area contributed by atoms with Gasteiger partial charge in [0.2, 0.25) is 0 Å². The third-order valence-electron chi connectivity index (χ3n) is 4.13. The van der Waals surface area contributed by atoms with Crippen LogP contribution in [0.2, 0.25) is 0 Å². The molecule has 0 saturated heterocycles. The number of rotatable bonds is 7. The minimum atomic E-state index is 0.304. The fourth-order valence-corrected chi connectivity index (χ4v) is 2.73. The molecular formula is C17H27NO. The van der Waals surface area contributed by atoms with Gasteiger partial charge in [0.1, 0.15) is 11.9 Å². The monoisotopic (exact) mass is 261 g/mol. The molecule has 0 aliphatic carbocycles. The molecule has 0 spiro atoms. The highest BCUT2D eigenvalue weighted by Crippen LogP contribution is 2.31. The first kappa shape index (κ1) is 14.4. The lowest BCUT2D eigenvalue weighted by Gasteiger charge is -2.27. The second-order valence-electron chi connectivity index (χ2n) is 5.78. The van der Waals surface area contributed by atoms with Gasteiger partial charge in [-0.25, -0.2) is 0 Å². The molecule has 0 amide bonds. The smallest absolute Gasteiger partial charge is 0.123 e. The molecule has 3 unspecified atom stereocenters. The molecule has 19 heavy (non-hydrogen) atoms. The number of nitrogens with one attached hydrogen (secondary N) is 1. The van der Waals surface area contributed by atoms with E-state index in [9.17, 15) is 0 Å². The summed E-state index contributed by atoms with van der Waals surface area (Å²) in [5, 5.41) is 3.69. The maximum absolute atomic E-state index is 6.15. The van der Waals surface area contributed by atoms with Crippen molar-refractivity contribution < 1.29 is 4.74 Å². The van der Waals surface area contributed by atoms with E-state index in [0.717, 1.165) is 24.6 Å². The Balaban J connectivity index is 1.99. The molecule has 1 aliphatic rings. The van der Waals surface area contributed by atoms with E-state index >= 15 is 0 Å². The lowest BCUT2D eigenvalue weighted by Crippen LogP contribution is -2.43. The van der Waals surface area contributed by atoms with Crippen LogP contribution in [0.5, 0.6) is 5.75 Å². The Bertz CT molecular complexity index is 366. The molecule has 0 saturated carbocycles. The predicted octanol–water partition coefficient (Wildman–Crippen LogP) is 3.79. The van der Waals surface area contributed by atoms with Crippen molar-refractivity contribution in [1.29, 1.82) is 0 Å². The van der Waals surface area contributed by atoms with Gasteiger partial charge >= 0.3 is 0 Å². The Kier molecular flexibility index (Phi) is 5.26. The van der Waals surface area contributed by atoms with Crippen molar-refractivity contribution in [3.8, 4) is 5.75 Å². The van der Waals surface area contributed by atoms with E-state index in [-0.39, 0.29) is 0 Å². The third-order valence-corrected chi connectivity index (χ3v) is 4.13. The Labute approximate surface area is 117 Å². The number of ether oxygens (including phenoxy) is 1. The maximum Gasteiger partial charge on any atom is 0.123 e. The van der Waals surface area contributed by atoms with E-state index in [1.807, 2.05) is 0 Å². The van der Waals surface area contributed by atoms with Crippen LogP contribution < -0.4 is 10.1 Å². The Morgan fingerprint density at radius 1 is 1.32 bits per heavy atom. The van der Waals surface area contributed by atoms with Crippen LogP contribution in [-0.2, 0) is 6.42 Å². The topological polar surface area (TPSA) is 21.3 Å². The molecule has 0 fully saturated rings. The normalized spacial score (nSPS) is 20.7. The zero-order valence-corrected chi connectivity index (χ0v) is 12.5. The maximum atomic E-state index is 6.15. The highest BCUT2D eigenvalue weighted by atomic mass is 16.5. The van der Waals surface area contributed by atoms with E-state index in [0.29, 0.717) is 12.1 Å². The van der Waals surface area contributed by atoms with Gasteiger partial charge in [-0.2, -0.15) is 0 Å². The summed E-state index contributed by atoms with van der Waals surface area (Å²) < 4.78 is 6.15. The summed E-state index contributed by atoms with van der Waals surface area (Å²) in [5.41, 5.74) is 1.36. The summed E-state index contributed by atoms with van der Waals surface area (Å²) in [6.45, 7) is 7.91. The van der Waals surface area contributed by atoms with Gasteiger partial charge in [-0.15, -0.1) is 0 Å². The van der Waals surface area contributed by atoms with E-state index < -0.39 is 0 Å². The molecule has 0 bridgehead atoms. The highest BCUT2D eigenvalue weighted by Gasteiger charge is 2.30. The van der Waals surface area contributed by atoms with Crippen molar-refractivity contribution in [2.45, 2.75) is 58.6 Å². The third kappa shape index (κ3) is 3.73. The molecule has 106 valence electrons. The van der Waals surface area contributed by atoms with Crippen LogP contribution in [0.15, 0.2) is 24.3 Å². The molecule has 2 nitrogen and oxygen atoms in total. The van der Waals surface area contributed by atoms with Crippen molar-refractivity contribution in [1.82, 2.24) is 5.32 Å². The summed E-state index contributed by atoms with van der Waals surface area (Å²) in [6, 6.07) is 8.92. The number of hydrogen-bond donors (Lipinski definition) is 1. The number of benzene rings is 1. The molecule has 0 radical (unpaired) electrons. The highest BCUT2D eigenvalue weighted by molar-refractivity contribution is 5.37. The fraction of sp³-hybridized carbons (Fsp3) is 0.647. The molecule has 1 aromatic rings. The summed E-state index contributed by atoms with van der Waals surface area (Å²) in [4.78, 5) is 0. The van der Waals surface area contributed by atoms with Gasteiger partial charge in [0.15, 0.2) is 0 Å². The van der Waals surface area contributed by atoms with Crippen molar-refractivity contribution >= 4 is 0 Å². The van der Waals surface area contributed by atoms with Gasteiger partial charge in [-0.05, 0) is 36.9 Å². The lowest BCUT2D eigenvalue weighted by atomic mass is 9.93. The van der Waals surface area contributed by atoms with Crippen LogP contribution in [-0.4, -0.2) is 18.7 Å². The average Bonchev–Trinajstić information content (AvgIpc) is 2.86. The summed E-state index contributed by atoms with van der Waals surface area (Å²) in [6.07, 6.45) is 4.97. The van der Waals surface area contributed by atoms with Crippen LogP contribution in [0.3, 0.4) is 0 Å². The number of hydrogen-bond acceptors (Lipinski definition) is 2. The van der Waals surface area contributed by atoms with E-state index in [1.54, 1.807) is 0 Å². The van der Waals surface area contributed by atoms with E-state index in [1.165, 1.54) is 24.8 Å². The van der Waals surface area contributed by atoms with Gasteiger partial charge in [0.25, 0.3) is 0 Å². The Hall–Kier alpha value is -1.02. The largest absolute Gasteiger partial charge is 0.488 e. The lowest BCUT2D eigenvalue weighted by molar-refractivity contribution is 0.160. The van der Waals surface area contributed by atoms with E-state index in [4.69, 9.17) is 4.74 Å². The molecule has 0 aromatic heterocycles. The number of para-hydroxylation sites is 1. The average molecular weight is 261 g/mol. The molecule has 3 atom stereocenters. The van der Waals surface area contributed by atoms with Crippen molar-refractivity contribution in [2.24, 2.45) is 5.92 Å². The zero-order chi connectivity index (χ0) is 13.7. The van der Waals surface area contributed by atoms with Crippen LogP contribution >= 0.6 is 0 Å². The summed E-state index contributed by atoms with van der Waals surface area (Å²) in [7, 11) is 0. The van der Waals surface area contributed by atoms with Gasteiger partial charge < -0.3 is 10.1 Å². The van der Waals surface area contributed by atoms with Gasteiger partial charge in [0, 0.05) is 12.5 Å². The molecule has 2 heteroatoms. The zero-order valence-electron chi connectivity index (χ0n) is 12.5. The van der Waals surface area contributed by atoms with Crippen LogP contribution in [0.1, 0.15) is 45.6 Å². The minimum absolute atomic E-state index is 0.304. The predicted molar refractivity (Wildman–Crippen MR) is 80.7 cm³/mol. The first-order chi connectivity index (χ1) is 9.24. The fourth-order valence-electron chi connectivity index (χ4n) is 2.73. The SMILES string of the molecule is CCCNC(CC(C)CC)C1Cc2ccccc2O1. The Morgan fingerprint density at radius 2 is 2.11 bits per heavy atom. The van der Waals surface area contributed by atoms with Crippen molar-refractivity contribution in [3.63, 3.8) is 0 Å². The summed E-state index contributed by atoms with van der Waals surface area (Å²) >= 11 is 0. The molecule has 1 N–H and O–H groups in total. The molecular weight excluding hydrogens is 234 g/mol. The standard InChI is InChI=1S/C17H27NO/c1-4-10-18-15(11-13(3)5-2)17-12-14-8-6-7-9-16(14)19-17/h6-9,13,15,17-18H,4-5,10-12H2,1-3H3. The van der Waals surface area contributed by atoms with Crippen molar-refractivity contribution in [3.05, 3.63) is 29.8 Å². The van der Waals surface area contributed by atoms with Gasteiger partial charge in [0.05, 0.1) is 0 Å². The Morgan fingerprint density at radius 3 is 2.79 bits per heavy atom. The molecule has 2 rings (SSSR count). The molecule has 1 heterocycles. The van der Waals surface area contributed by atoms with Gasteiger partial charge in [-0.3, -0.25) is 0 Å². The van der Waals surface area contributed by atoms with Gasteiger partial charge in [-0.1, -0.05) is 45.4 Å². The van der Waals surface area contributed by atoms with Crippen LogP contribution in [0, 0.1) is 5.92 Å². The summed E-state index contributed by atoms with van der Waals surface area (Å²) in [5.74, 6) is 1.83. The van der Waals surface area contributed by atoms with Crippen LogP contribution in [0.25, 0.3) is 0 Å². The minimum Gasteiger partial charge on any atom is -0.488 e. The molecule has 1 aliphatic heterocycles. The van der Waals surface area contributed by atoms with E-state index in [2.05, 4.69) is 50.4 Å². The first-order valence-corrected chi connectivity index (χ1v) is 7.72. The van der Waals surface area contributed by atoms with Crippen LogP contribution in [0.4, 0.5) is 0 Å². The second-order valence-corrected chi connectivity index (χ2v) is 5.78. The second kappa shape index (κ2) is 6.95. The number of fused-ring (bicyclic) bond motifs is 1. The quantitative estimate of drug-likeness (QED) is 0.806.